The second-order valence-electron chi connectivity index (χ2n) is 5.54. The third-order valence-electron chi connectivity index (χ3n) is 3.92. The Labute approximate surface area is 140 Å². The average Bonchev–Trinajstić information content (AvgIpc) is 3.01. The highest BCUT2D eigenvalue weighted by Crippen LogP contribution is 2.21. The zero-order chi connectivity index (χ0) is 16.9. The smallest absolute Gasteiger partial charge is 0.226 e. The third-order valence-corrected chi connectivity index (χ3v) is 4.17. The molecule has 5 nitrogen and oxygen atoms in total. The van der Waals surface area contributed by atoms with Gasteiger partial charge in [-0.05, 0) is 37.1 Å². The van der Waals surface area contributed by atoms with Crippen molar-refractivity contribution in [2.75, 3.05) is 6.54 Å². The summed E-state index contributed by atoms with van der Waals surface area (Å²) in [5.41, 5.74) is 0.491. The monoisotopic (exact) mass is 336 g/mol. The van der Waals surface area contributed by atoms with Gasteiger partial charge in [0, 0.05) is 17.1 Å². The Morgan fingerprint density at radius 1 is 1.30 bits per heavy atom. The first-order valence-corrected chi connectivity index (χ1v) is 8.03. The molecule has 0 saturated carbocycles. The maximum atomic E-state index is 12.0. The van der Waals surface area contributed by atoms with Crippen LogP contribution in [0.4, 0.5) is 0 Å². The Balaban J connectivity index is 1.94. The Bertz CT molecular complexity index is 648. The highest BCUT2D eigenvalue weighted by molar-refractivity contribution is 6.30. The molecule has 1 aromatic carbocycles. The number of carbonyl (C=O) groups excluding carboxylic acids is 1. The fourth-order valence-electron chi connectivity index (χ4n) is 2.10. The van der Waals surface area contributed by atoms with Crippen molar-refractivity contribution in [2.45, 2.75) is 38.7 Å². The number of carbonyl (C=O) groups is 1. The minimum absolute atomic E-state index is 0.112. The molecule has 23 heavy (non-hydrogen) atoms. The van der Waals surface area contributed by atoms with Gasteiger partial charge in [0.1, 0.15) is 6.26 Å². The molecule has 2 aromatic rings. The molecule has 0 atom stereocenters. The predicted octanol–water partition coefficient (Wildman–Crippen LogP) is 3.20. The maximum Gasteiger partial charge on any atom is 0.226 e. The Hall–Kier alpha value is -1.85. The molecule has 0 bridgehead atoms. The summed E-state index contributed by atoms with van der Waals surface area (Å²) >= 11 is 5.84. The number of halogens is 1. The van der Waals surface area contributed by atoms with E-state index in [0.717, 1.165) is 5.56 Å². The van der Waals surface area contributed by atoms with Crippen LogP contribution in [0, 0.1) is 0 Å². The quantitative estimate of drug-likeness (QED) is 0.814. The van der Waals surface area contributed by atoms with E-state index < -0.39 is 5.60 Å². The number of benzene rings is 1. The summed E-state index contributed by atoms with van der Waals surface area (Å²) < 4.78 is 5.40. The maximum absolute atomic E-state index is 12.0. The molecular formula is C17H21ClN2O3. The first-order valence-electron chi connectivity index (χ1n) is 7.65. The van der Waals surface area contributed by atoms with Crippen LogP contribution in [0.2, 0.25) is 5.02 Å². The minimum Gasteiger partial charge on any atom is -0.444 e. The van der Waals surface area contributed by atoms with Crippen LogP contribution < -0.4 is 5.32 Å². The van der Waals surface area contributed by atoms with E-state index in [1.165, 1.54) is 6.26 Å². The van der Waals surface area contributed by atoms with E-state index in [9.17, 15) is 9.90 Å². The molecule has 0 unspecified atom stereocenters. The standard InChI is InChI=1S/C17H21ClN2O3/c1-3-17(22,4-2)11-19-15(21)9-14-10-23-16(20-14)12-5-7-13(18)8-6-12/h5-8,10,22H,3-4,9,11H2,1-2H3,(H,19,21). The zero-order valence-electron chi connectivity index (χ0n) is 13.3. The molecule has 2 N–H and O–H groups in total. The Kier molecular flexibility index (Phi) is 5.80. The number of hydrogen-bond acceptors (Lipinski definition) is 4. The van der Waals surface area contributed by atoms with Crippen LogP contribution in [0.25, 0.3) is 11.5 Å². The Morgan fingerprint density at radius 2 is 1.96 bits per heavy atom. The summed E-state index contributed by atoms with van der Waals surface area (Å²) in [6.45, 7) is 4.03. The summed E-state index contributed by atoms with van der Waals surface area (Å²) in [6, 6.07) is 7.12. The van der Waals surface area contributed by atoms with Crippen molar-refractivity contribution >= 4 is 17.5 Å². The lowest BCUT2D eigenvalue weighted by molar-refractivity contribution is -0.121. The molecular weight excluding hydrogens is 316 g/mol. The van der Waals surface area contributed by atoms with Gasteiger partial charge in [0.25, 0.3) is 0 Å². The van der Waals surface area contributed by atoms with Crippen molar-refractivity contribution in [1.82, 2.24) is 10.3 Å². The second kappa shape index (κ2) is 7.62. The van der Waals surface area contributed by atoms with Gasteiger partial charge in [0.05, 0.1) is 17.7 Å². The van der Waals surface area contributed by atoms with Crippen LogP contribution in [0.5, 0.6) is 0 Å². The van der Waals surface area contributed by atoms with Crippen LogP contribution in [-0.4, -0.2) is 28.1 Å². The van der Waals surface area contributed by atoms with Crippen LogP contribution in [0.3, 0.4) is 0 Å². The number of aliphatic hydroxyl groups is 1. The molecule has 0 saturated heterocycles. The molecule has 6 heteroatoms. The van der Waals surface area contributed by atoms with Crippen LogP contribution in [0.15, 0.2) is 34.9 Å². The number of amides is 1. The van der Waals surface area contributed by atoms with Gasteiger partial charge >= 0.3 is 0 Å². The van der Waals surface area contributed by atoms with Gasteiger partial charge in [-0.1, -0.05) is 25.4 Å². The second-order valence-corrected chi connectivity index (χ2v) is 5.97. The molecule has 1 aromatic heterocycles. The lowest BCUT2D eigenvalue weighted by Crippen LogP contribution is -2.42. The fourth-order valence-corrected chi connectivity index (χ4v) is 2.23. The topological polar surface area (TPSA) is 75.4 Å². The van der Waals surface area contributed by atoms with Crippen molar-refractivity contribution < 1.29 is 14.3 Å². The first-order chi connectivity index (χ1) is 11.0. The zero-order valence-corrected chi connectivity index (χ0v) is 14.1. The lowest BCUT2D eigenvalue weighted by atomic mass is 9.97. The summed E-state index contributed by atoms with van der Waals surface area (Å²) in [5.74, 6) is 0.254. The van der Waals surface area contributed by atoms with Gasteiger partial charge in [-0.3, -0.25) is 4.79 Å². The van der Waals surface area contributed by atoms with Crippen molar-refractivity contribution in [2.24, 2.45) is 0 Å². The number of oxazole rings is 1. The average molecular weight is 337 g/mol. The van der Waals surface area contributed by atoms with Crippen molar-refractivity contribution in [1.29, 1.82) is 0 Å². The van der Waals surface area contributed by atoms with E-state index in [0.29, 0.717) is 29.4 Å². The van der Waals surface area contributed by atoms with Gasteiger partial charge in [-0.15, -0.1) is 0 Å². The normalized spacial score (nSPS) is 11.5. The van der Waals surface area contributed by atoms with Crippen molar-refractivity contribution in [3.8, 4) is 11.5 Å². The van der Waals surface area contributed by atoms with Crippen LogP contribution in [-0.2, 0) is 11.2 Å². The van der Waals surface area contributed by atoms with E-state index in [2.05, 4.69) is 10.3 Å². The molecule has 0 aliphatic carbocycles. The van der Waals surface area contributed by atoms with E-state index >= 15 is 0 Å². The minimum atomic E-state index is -0.853. The summed E-state index contributed by atoms with van der Waals surface area (Å²) in [6.07, 6.45) is 2.76. The van der Waals surface area contributed by atoms with Gasteiger partial charge in [-0.25, -0.2) is 4.98 Å². The molecule has 0 spiro atoms. The first kappa shape index (κ1) is 17.5. The van der Waals surface area contributed by atoms with E-state index in [4.69, 9.17) is 16.0 Å². The van der Waals surface area contributed by atoms with Gasteiger partial charge in [-0.2, -0.15) is 0 Å². The molecule has 0 aliphatic rings. The molecule has 1 heterocycles. The number of aromatic nitrogens is 1. The van der Waals surface area contributed by atoms with Gasteiger partial charge in [0.15, 0.2) is 0 Å². The number of rotatable bonds is 7. The SMILES string of the molecule is CCC(O)(CC)CNC(=O)Cc1coc(-c2ccc(Cl)cc2)n1. The fraction of sp³-hybridized carbons (Fsp3) is 0.412. The molecule has 0 aliphatic heterocycles. The predicted molar refractivity (Wildman–Crippen MR) is 89.2 cm³/mol. The summed E-state index contributed by atoms with van der Waals surface area (Å²) in [5, 5.41) is 13.5. The molecule has 0 fully saturated rings. The van der Waals surface area contributed by atoms with Crippen molar-refractivity contribution in [3.05, 3.63) is 41.2 Å². The molecule has 1 amide bonds. The van der Waals surface area contributed by atoms with E-state index in [1.807, 2.05) is 13.8 Å². The van der Waals surface area contributed by atoms with Crippen LogP contribution in [0.1, 0.15) is 32.4 Å². The molecule has 2 rings (SSSR count). The van der Waals surface area contributed by atoms with Crippen LogP contribution >= 0.6 is 11.6 Å². The van der Waals surface area contributed by atoms with Gasteiger partial charge < -0.3 is 14.8 Å². The van der Waals surface area contributed by atoms with E-state index in [-0.39, 0.29) is 18.9 Å². The summed E-state index contributed by atoms with van der Waals surface area (Å²) in [7, 11) is 0. The summed E-state index contributed by atoms with van der Waals surface area (Å²) in [4.78, 5) is 16.3. The number of nitrogens with one attached hydrogen (secondary N) is 1. The number of hydrogen-bond donors (Lipinski definition) is 2. The van der Waals surface area contributed by atoms with Gasteiger partial charge in [0.2, 0.25) is 11.8 Å². The number of nitrogens with zero attached hydrogens (tertiary/aromatic N) is 1. The highest BCUT2D eigenvalue weighted by atomic mass is 35.5. The lowest BCUT2D eigenvalue weighted by Gasteiger charge is -2.25. The molecule has 0 radical (unpaired) electrons. The van der Waals surface area contributed by atoms with E-state index in [1.54, 1.807) is 24.3 Å². The highest BCUT2D eigenvalue weighted by Gasteiger charge is 2.23. The van der Waals surface area contributed by atoms with Crippen molar-refractivity contribution in [3.63, 3.8) is 0 Å². The third kappa shape index (κ3) is 4.81. The Morgan fingerprint density at radius 3 is 2.57 bits per heavy atom. The largest absolute Gasteiger partial charge is 0.444 e. The molecule has 124 valence electrons.